The molecule has 3 rings (SSSR count). The zero-order valence-electron chi connectivity index (χ0n) is 19.5. The second kappa shape index (κ2) is 12.9. The van der Waals surface area contributed by atoms with E-state index in [0.717, 1.165) is 69.7 Å². The van der Waals surface area contributed by atoms with Crippen molar-refractivity contribution >= 4 is 5.96 Å². The molecule has 1 saturated heterocycles. The lowest BCUT2D eigenvalue weighted by molar-refractivity contribution is 0.0170. The van der Waals surface area contributed by atoms with Crippen LogP contribution in [-0.4, -0.2) is 71.5 Å². The molecule has 0 bridgehead atoms. The highest BCUT2D eigenvalue weighted by molar-refractivity contribution is 5.79. The maximum atomic E-state index is 5.56. The number of methoxy groups -OCH3 is 2. The van der Waals surface area contributed by atoms with Crippen molar-refractivity contribution in [2.24, 2.45) is 4.99 Å². The van der Waals surface area contributed by atoms with Crippen LogP contribution in [0.15, 0.2) is 53.5 Å². The maximum Gasteiger partial charge on any atom is 0.191 e. The molecule has 2 N–H and O–H groups in total. The lowest BCUT2D eigenvalue weighted by atomic mass is 10.0. The molecule has 2 aromatic rings. The summed E-state index contributed by atoms with van der Waals surface area (Å²) >= 11 is 0. The van der Waals surface area contributed by atoms with Gasteiger partial charge < -0.3 is 24.8 Å². The zero-order chi connectivity index (χ0) is 22.6. The van der Waals surface area contributed by atoms with E-state index in [1.165, 1.54) is 11.1 Å². The first-order valence-electron chi connectivity index (χ1n) is 11.3. The Morgan fingerprint density at radius 2 is 1.78 bits per heavy atom. The topological polar surface area (TPSA) is 67.4 Å². The van der Waals surface area contributed by atoms with Crippen LogP contribution in [0.5, 0.6) is 11.5 Å². The molecule has 0 radical (unpaired) electrons. The highest BCUT2D eigenvalue weighted by atomic mass is 16.5. The normalized spacial score (nSPS) is 15.8. The van der Waals surface area contributed by atoms with Gasteiger partial charge in [-0.2, -0.15) is 0 Å². The molecule has 1 unspecified atom stereocenters. The van der Waals surface area contributed by atoms with Crippen LogP contribution in [0.25, 0.3) is 0 Å². The fourth-order valence-corrected chi connectivity index (χ4v) is 3.91. The molecule has 174 valence electrons. The number of nitrogens with zero attached hydrogens (tertiary/aromatic N) is 2. The number of hydrogen-bond donors (Lipinski definition) is 2. The molecule has 0 saturated carbocycles. The van der Waals surface area contributed by atoms with Crippen LogP contribution in [0, 0.1) is 0 Å². The number of hydrogen-bond acceptors (Lipinski definition) is 5. The van der Waals surface area contributed by atoms with Crippen molar-refractivity contribution in [1.29, 1.82) is 0 Å². The molecule has 1 atom stereocenters. The minimum Gasteiger partial charge on any atom is -0.497 e. The first-order valence-corrected chi connectivity index (χ1v) is 11.3. The molecular formula is C25H36N4O3. The van der Waals surface area contributed by atoms with E-state index >= 15 is 0 Å². The summed E-state index contributed by atoms with van der Waals surface area (Å²) in [6.45, 7) is 4.99. The van der Waals surface area contributed by atoms with E-state index in [-0.39, 0.29) is 6.04 Å². The number of nitrogens with one attached hydrogen (secondary N) is 2. The molecule has 2 aromatic carbocycles. The smallest absolute Gasteiger partial charge is 0.191 e. The third kappa shape index (κ3) is 7.14. The highest BCUT2D eigenvalue weighted by Gasteiger charge is 2.23. The van der Waals surface area contributed by atoms with E-state index in [9.17, 15) is 0 Å². The van der Waals surface area contributed by atoms with Gasteiger partial charge in [0.15, 0.2) is 5.96 Å². The number of rotatable bonds is 10. The summed E-state index contributed by atoms with van der Waals surface area (Å²) in [5.41, 5.74) is 2.54. The van der Waals surface area contributed by atoms with E-state index in [2.05, 4.69) is 44.8 Å². The van der Waals surface area contributed by atoms with Crippen LogP contribution >= 0.6 is 0 Å². The van der Waals surface area contributed by atoms with Gasteiger partial charge in [-0.25, -0.2) is 0 Å². The van der Waals surface area contributed by atoms with E-state index in [1.54, 1.807) is 14.2 Å². The zero-order valence-corrected chi connectivity index (χ0v) is 19.5. The molecular weight excluding hydrogens is 404 g/mol. The van der Waals surface area contributed by atoms with Gasteiger partial charge in [-0.05, 0) is 48.2 Å². The molecule has 1 aliphatic heterocycles. The Morgan fingerprint density at radius 3 is 2.47 bits per heavy atom. The van der Waals surface area contributed by atoms with Gasteiger partial charge in [0.05, 0.1) is 33.5 Å². The van der Waals surface area contributed by atoms with Gasteiger partial charge in [0.25, 0.3) is 0 Å². The first kappa shape index (κ1) is 23.9. The lowest BCUT2D eigenvalue weighted by Gasteiger charge is -2.35. The summed E-state index contributed by atoms with van der Waals surface area (Å²) in [4.78, 5) is 6.88. The quantitative estimate of drug-likeness (QED) is 0.336. The van der Waals surface area contributed by atoms with Crippen molar-refractivity contribution in [1.82, 2.24) is 15.5 Å². The van der Waals surface area contributed by atoms with Crippen molar-refractivity contribution in [2.75, 3.05) is 60.7 Å². The van der Waals surface area contributed by atoms with Crippen molar-refractivity contribution in [2.45, 2.75) is 18.9 Å². The van der Waals surface area contributed by atoms with Gasteiger partial charge in [-0.15, -0.1) is 0 Å². The van der Waals surface area contributed by atoms with E-state index in [4.69, 9.17) is 14.2 Å². The second-order valence-corrected chi connectivity index (χ2v) is 7.77. The molecule has 32 heavy (non-hydrogen) atoms. The van der Waals surface area contributed by atoms with Crippen LogP contribution < -0.4 is 20.1 Å². The Bertz CT molecular complexity index is 835. The second-order valence-electron chi connectivity index (χ2n) is 7.77. The Labute approximate surface area is 191 Å². The third-order valence-electron chi connectivity index (χ3n) is 5.74. The number of aliphatic imine (C=N–C) groups is 1. The first-order chi connectivity index (χ1) is 15.7. The van der Waals surface area contributed by atoms with E-state index < -0.39 is 0 Å². The van der Waals surface area contributed by atoms with Gasteiger partial charge in [-0.3, -0.25) is 9.89 Å². The summed E-state index contributed by atoms with van der Waals surface area (Å²) in [5.74, 6) is 2.60. The summed E-state index contributed by atoms with van der Waals surface area (Å²) in [6.07, 6.45) is 2.00. The molecule has 0 aliphatic carbocycles. The van der Waals surface area contributed by atoms with Gasteiger partial charge in [-0.1, -0.05) is 24.3 Å². The van der Waals surface area contributed by atoms with Crippen LogP contribution in [-0.2, 0) is 11.2 Å². The van der Waals surface area contributed by atoms with Crippen LogP contribution in [0.4, 0.5) is 0 Å². The third-order valence-corrected chi connectivity index (χ3v) is 5.74. The van der Waals surface area contributed by atoms with Gasteiger partial charge in [0.1, 0.15) is 11.5 Å². The van der Waals surface area contributed by atoms with Gasteiger partial charge >= 0.3 is 0 Å². The predicted octanol–water partition coefficient (Wildman–Crippen LogP) is 2.87. The predicted molar refractivity (Wildman–Crippen MR) is 129 cm³/mol. The monoisotopic (exact) mass is 440 g/mol. The van der Waals surface area contributed by atoms with Crippen molar-refractivity contribution in [3.63, 3.8) is 0 Å². The summed E-state index contributed by atoms with van der Waals surface area (Å²) in [6, 6.07) is 16.8. The molecule has 1 heterocycles. The number of aryl methyl sites for hydroxylation is 1. The molecule has 1 aliphatic rings. The Balaban J connectivity index is 1.52. The summed E-state index contributed by atoms with van der Waals surface area (Å²) < 4.78 is 16.2. The van der Waals surface area contributed by atoms with Crippen molar-refractivity contribution in [3.05, 3.63) is 59.7 Å². The van der Waals surface area contributed by atoms with E-state index in [0.29, 0.717) is 0 Å². The summed E-state index contributed by atoms with van der Waals surface area (Å²) in [7, 11) is 5.21. The fourth-order valence-electron chi connectivity index (χ4n) is 3.91. The molecule has 1 fully saturated rings. The van der Waals surface area contributed by atoms with Crippen molar-refractivity contribution < 1.29 is 14.2 Å². The standard InChI is InChI=1S/C25H36N4O3/c1-26-25(27-13-5-7-20-6-4-8-23(18-20)31-3)28-19-24(29-14-16-32-17-15-29)21-9-11-22(30-2)12-10-21/h4,6,8-12,18,24H,5,7,13-17,19H2,1-3H3,(H2,26,27,28). The Morgan fingerprint density at radius 1 is 1.03 bits per heavy atom. The number of morpholine rings is 1. The number of ether oxygens (including phenoxy) is 3. The average molecular weight is 441 g/mol. The average Bonchev–Trinajstić information content (AvgIpc) is 2.86. The fraction of sp³-hybridized carbons (Fsp3) is 0.480. The Hall–Kier alpha value is -2.77. The summed E-state index contributed by atoms with van der Waals surface area (Å²) in [5, 5.41) is 6.96. The molecule has 0 amide bonds. The van der Waals surface area contributed by atoms with Crippen molar-refractivity contribution in [3.8, 4) is 11.5 Å². The number of benzene rings is 2. The van der Waals surface area contributed by atoms with Crippen LogP contribution in [0.2, 0.25) is 0 Å². The number of guanidine groups is 1. The Kier molecular flexibility index (Phi) is 9.65. The van der Waals surface area contributed by atoms with Crippen LogP contribution in [0.1, 0.15) is 23.6 Å². The molecule has 7 heteroatoms. The largest absolute Gasteiger partial charge is 0.497 e. The van der Waals surface area contributed by atoms with Gasteiger partial charge in [0.2, 0.25) is 0 Å². The van der Waals surface area contributed by atoms with E-state index in [1.807, 2.05) is 31.3 Å². The highest BCUT2D eigenvalue weighted by Crippen LogP contribution is 2.23. The molecule has 0 aromatic heterocycles. The van der Waals surface area contributed by atoms with Crippen LogP contribution in [0.3, 0.4) is 0 Å². The molecule has 0 spiro atoms. The lowest BCUT2D eigenvalue weighted by Crippen LogP contribution is -2.46. The molecule has 7 nitrogen and oxygen atoms in total. The van der Waals surface area contributed by atoms with Gasteiger partial charge in [0, 0.05) is 33.2 Å². The minimum atomic E-state index is 0.236. The maximum absolute atomic E-state index is 5.56. The SMILES string of the molecule is CN=C(NCCCc1cccc(OC)c1)NCC(c1ccc(OC)cc1)N1CCOCC1. The minimum absolute atomic E-state index is 0.236.